The average Bonchev–Trinajstić information content (AvgIpc) is 2.63. The van der Waals surface area contributed by atoms with E-state index in [-0.39, 0.29) is 17.3 Å². The normalized spacial score (nSPS) is 14.6. The lowest BCUT2D eigenvalue weighted by Gasteiger charge is -2.27. The largest absolute Gasteiger partial charge is 0.462 e. The lowest BCUT2D eigenvalue weighted by atomic mass is 10.2. The Balaban J connectivity index is 2.05. The van der Waals surface area contributed by atoms with Gasteiger partial charge in [0.2, 0.25) is 0 Å². The molecular weight excluding hydrogens is 342 g/mol. The molecule has 2 rings (SSSR count). The van der Waals surface area contributed by atoms with Gasteiger partial charge < -0.3 is 25.0 Å². The first-order valence-electron chi connectivity index (χ1n) is 7.98. The monoisotopic (exact) mass is 363 g/mol. The highest BCUT2D eigenvalue weighted by atomic mass is 32.1. The van der Waals surface area contributed by atoms with E-state index in [1.54, 1.807) is 11.8 Å². The summed E-state index contributed by atoms with van der Waals surface area (Å²) in [5, 5.41) is 6.00. The summed E-state index contributed by atoms with van der Waals surface area (Å²) >= 11 is 5.18. The average molecular weight is 363 g/mol. The molecule has 1 aromatic carbocycles. The van der Waals surface area contributed by atoms with E-state index in [0.29, 0.717) is 26.3 Å². The molecule has 0 saturated carbocycles. The number of carbonyl (C=O) groups excluding carboxylic acids is 2. The van der Waals surface area contributed by atoms with Crippen LogP contribution in [0.1, 0.15) is 6.92 Å². The van der Waals surface area contributed by atoms with Gasteiger partial charge in [0, 0.05) is 25.0 Å². The highest BCUT2D eigenvalue weighted by Gasteiger charge is 2.26. The minimum absolute atomic E-state index is 0.0963. The second kappa shape index (κ2) is 9.75. The van der Waals surface area contributed by atoms with Crippen LogP contribution >= 0.6 is 12.2 Å². The molecule has 1 aliphatic heterocycles. The number of thiocarbonyl (C=S) groups is 1. The number of hydrogen-bond donors (Lipinski definition) is 2. The number of esters is 1. The second-order valence-corrected chi connectivity index (χ2v) is 5.56. The molecule has 0 bridgehead atoms. The maximum Gasteiger partial charge on any atom is 0.345 e. The van der Waals surface area contributed by atoms with Gasteiger partial charge in [-0.1, -0.05) is 18.2 Å². The molecule has 0 aliphatic carbocycles. The van der Waals surface area contributed by atoms with Crippen molar-refractivity contribution in [1.29, 1.82) is 0 Å². The SMILES string of the molecule is CCOC(=O)C(=CNC(=S)Nc1ccccc1)C(=O)N1CCOCC1. The van der Waals surface area contributed by atoms with Crippen LogP contribution in [0.5, 0.6) is 0 Å². The zero-order valence-electron chi connectivity index (χ0n) is 14.0. The lowest BCUT2D eigenvalue weighted by molar-refractivity contribution is -0.143. The standard InChI is InChI=1S/C17H21N3O4S/c1-2-24-16(22)14(15(21)20-8-10-23-11-9-20)12-18-17(25)19-13-6-4-3-5-7-13/h3-7,12H,2,8-11H2,1H3,(H2,18,19,25). The summed E-state index contributed by atoms with van der Waals surface area (Å²) < 4.78 is 10.2. The van der Waals surface area contributed by atoms with E-state index < -0.39 is 11.9 Å². The lowest BCUT2D eigenvalue weighted by Crippen LogP contribution is -2.43. The van der Waals surface area contributed by atoms with E-state index in [0.717, 1.165) is 5.69 Å². The Morgan fingerprint density at radius 1 is 1.28 bits per heavy atom. The summed E-state index contributed by atoms with van der Waals surface area (Å²) in [4.78, 5) is 26.3. The first-order chi connectivity index (χ1) is 12.1. The number of para-hydroxylation sites is 1. The molecule has 134 valence electrons. The van der Waals surface area contributed by atoms with E-state index in [1.807, 2.05) is 30.3 Å². The van der Waals surface area contributed by atoms with Crippen LogP contribution in [0.3, 0.4) is 0 Å². The Labute approximate surface area is 152 Å². The molecule has 1 aromatic rings. The summed E-state index contributed by atoms with van der Waals surface area (Å²) in [6.45, 7) is 3.63. The Hall–Kier alpha value is -2.45. The molecule has 25 heavy (non-hydrogen) atoms. The summed E-state index contributed by atoms with van der Waals surface area (Å²) in [6, 6.07) is 9.33. The van der Waals surface area contributed by atoms with Crippen LogP contribution in [0.25, 0.3) is 0 Å². The number of nitrogens with one attached hydrogen (secondary N) is 2. The van der Waals surface area contributed by atoms with Crippen molar-refractivity contribution >= 4 is 34.9 Å². The Morgan fingerprint density at radius 2 is 1.96 bits per heavy atom. The fourth-order valence-electron chi connectivity index (χ4n) is 2.18. The minimum atomic E-state index is -0.686. The van der Waals surface area contributed by atoms with Crippen LogP contribution in [-0.2, 0) is 19.1 Å². The van der Waals surface area contributed by atoms with Gasteiger partial charge in [-0.05, 0) is 31.3 Å². The molecule has 0 radical (unpaired) electrons. The number of anilines is 1. The van der Waals surface area contributed by atoms with E-state index in [9.17, 15) is 9.59 Å². The molecule has 1 aliphatic rings. The Kier molecular flexibility index (Phi) is 7.36. The predicted molar refractivity (Wildman–Crippen MR) is 97.9 cm³/mol. The summed E-state index contributed by atoms with van der Waals surface area (Å²) in [7, 11) is 0. The number of benzene rings is 1. The molecule has 0 spiro atoms. The highest BCUT2D eigenvalue weighted by Crippen LogP contribution is 2.08. The van der Waals surface area contributed by atoms with Crippen molar-refractivity contribution in [1.82, 2.24) is 10.2 Å². The van der Waals surface area contributed by atoms with E-state index in [2.05, 4.69) is 10.6 Å². The number of morpholine rings is 1. The predicted octanol–water partition coefficient (Wildman–Crippen LogP) is 1.28. The smallest absolute Gasteiger partial charge is 0.345 e. The van der Waals surface area contributed by atoms with E-state index in [4.69, 9.17) is 21.7 Å². The van der Waals surface area contributed by atoms with Gasteiger partial charge in [0.1, 0.15) is 5.57 Å². The maximum atomic E-state index is 12.6. The molecule has 1 heterocycles. The molecular formula is C17H21N3O4S. The van der Waals surface area contributed by atoms with Gasteiger partial charge in [0.05, 0.1) is 19.8 Å². The van der Waals surface area contributed by atoms with Crippen molar-refractivity contribution in [3.8, 4) is 0 Å². The van der Waals surface area contributed by atoms with Crippen LogP contribution < -0.4 is 10.6 Å². The molecule has 1 saturated heterocycles. The van der Waals surface area contributed by atoms with Crippen molar-refractivity contribution < 1.29 is 19.1 Å². The zero-order chi connectivity index (χ0) is 18.1. The van der Waals surface area contributed by atoms with Gasteiger partial charge in [-0.2, -0.15) is 0 Å². The van der Waals surface area contributed by atoms with E-state index in [1.165, 1.54) is 6.20 Å². The van der Waals surface area contributed by atoms with Crippen molar-refractivity contribution in [3.05, 3.63) is 42.1 Å². The van der Waals surface area contributed by atoms with Gasteiger partial charge >= 0.3 is 5.97 Å². The van der Waals surface area contributed by atoms with Crippen LogP contribution in [0.4, 0.5) is 5.69 Å². The van der Waals surface area contributed by atoms with Crippen LogP contribution in [0.2, 0.25) is 0 Å². The molecule has 8 heteroatoms. The fraction of sp³-hybridized carbons (Fsp3) is 0.353. The molecule has 0 aromatic heterocycles. The maximum absolute atomic E-state index is 12.6. The van der Waals surface area contributed by atoms with Gasteiger partial charge in [0.15, 0.2) is 5.11 Å². The van der Waals surface area contributed by atoms with Gasteiger partial charge in [-0.3, -0.25) is 4.79 Å². The fourth-order valence-corrected chi connectivity index (χ4v) is 2.36. The number of carbonyl (C=O) groups is 2. The van der Waals surface area contributed by atoms with Gasteiger partial charge in [-0.15, -0.1) is 0 Å². The summed E-state index contributed by atoms with van der Waals surface area (Å²) in [6.07, 6.45) is 1.29. The second-order valence-electron chi connectivity index (χ2n) is 5.15. The third-order valence-corrected chi connectivity index (χ3v) is 3.62. The Morgan fingerprint density at radius 3 is 2.60 bits per heavy atom. The first kappa shape index (κ1) is 18.9. The van der Waals surface area contributed by atoms with Gasteiger partial charge in [0.25, 0.3) is 5.91 Å². The van der Waals surface area contributed by atoms with Crippen molar-refractivity contribution in [2.45, 2.75) is 6.92 Å². The quantitative estimate of drug-likeness (QED) is 0.268. The van der Waals surface area contributed by atoms with Crippen LogP contribution in [0, 0.1) is 0 Å². The molecule has 7 nitrogen and oxygen atoms in total. The number of rotatable bonds is 5. The number of amides is 1. The molecule has 0 unspecified atom stereocenters. The zero-order valence-corrected chi connectivity index (χ0v) is 14.8. The van der Waals surface area contributed by atoms with Crippen molar-refractivity contribution in [2.75, 3.05) is 38.2 Å². The molecule has 1 amide bonds. The summed E-state index contributed by atoms with van der Waals surface area (Å²) in [5.74, 6) is -1.09. The molecule has 0 atom stereocenters. The third-order valence-electron chi connectivity index (χ3n) is 3.40. The summed E-state index contributed by atoms with van der Waals surface area (Å²) in [5.41, 5.74) is 0.701. The number of nitrogens with zero attached hydrogens (tertiary/aromatic N) is 1. The van der Waals surface area contributed by atoms with Crippen LogP contribution in [-0.4, -0.2) is 54.8 Å². The van der Waals surface area contributed by atoms with Crippen molar-refractivity contribution in [3.63, 3.8) is 0 Å². The molecule has 1 fully saturated rings. The van der Waals surface area contributed by atoms with Crippen LogP contribution in [0.15, 0.2) is 42.1 Å². The minimum Gasteiger partial charge on any atom is -0.462 e. The number of ether oxygens (including phenoxy) is 2. The first-order valence-corrected chi connectivity index (χ1v) is 8.39. The number of hydrogen-bond acceptors (Lipinski definition) is 5. The third kappa shape index (κ3) is 5.84. The van der Waals surface area contributed by atoms with Gasteiger partial charge in [-0.25, -0.2) is 4.79 Å². The van der Waals surface area contributed by atoms with E-state index >= 15 is 0 Å². The highest BCUT2D eigenvalue weighted by molar-refractivity contribution is 7.80. The topological polar surface area (TPSA) is 79.9 Å². The van der Waals surface area contributed by atoms with Crippen molar-refractivity contribution in [2.24, 2.45) is 0 Å². The molecule has 2 N–H and O–H groups in total. The Bertz CT molecular complexity index is 643.